The molecule has 2 aromatic carbocycles. The van der Waals surface area contributed by atoms with Crippen LogP contribution in [0.2, 0.25) is 0 Å². The Bertz CT molecular complexity index is 1090. The van der Waals surface area contributed by atoms with Crippen LogP contribution < -0.4 is 19.1 Å². The quantitative estimate of drug-likeness (QED) is 0.641. The standard InChI is InChI=1S/C23H22ClN3O5/c1-30-17-5-3-16(4-6-17)27-22(28)20(24)21(23(27)29)26-10-8-25(9-11-26)13-15-2-7-18-19(12-15)32-14-31-18/h2-7,12H,8-11,13-14H2,1H3. The Labute approximate surface area is 190 Å². The van der Waals surface area contributed by atoms with E-state index in [4.69, 9.17) is 25.8 Å². The molecule has 0 radical (unpaired) electrons. The summed E-state index contributed by atoms with van der Waals surface area (Å²) in [6.45, 7) is 3.71. The lowest BCUT2D eigenvalue weighted by atomic mass is 10.1. The maximum atomic E-state index is 13.1. The number of amides is 2. The third kappa shape index (κ3) is 3.65. The van der Waals surface area contributed by atoms with Crippen LogP contribution in [0.25, 0.3) is 0 Å². The summed E-state index contributed by atoms with van der Waals surface area (Å²) < 4.78 is 16.0. The van der Waals surface area contributed by atoms with Gasteiger partial charge in [-0.15, -0.1) is 0 Å². The normalized spacial score (nSPS) is 18.7. The van der Waals surface area contributed by atoms with Gasteiger partial charge in [-0.1, -0.05) is 17.7 Å². The molecular formula is C23H22ClN3O5. The zero-order valence-electron chi connectivity index (χ0n) is 17.5. The van der Waals surface area contributed by atoms with Crippen molar-refractivity contribution in [3.63, 3.8) is 0 Å². The fraction of sp³-hybridized carbons (Fsp3) is 0.304. The maximum Gasteiger partial charge on any atom is 0.283 e. The first kappa shape index (κ1) is 20.7. The Morgan fingerprint density at radius 2 is 1.66 bits per heavy atom. The second-order valence-electron chi connectivity index (χ2n) is 7.76. The lowest BCUT2D eigenvalue weighted by Crippen LogP contribution is -2.47. The number of carbonyl (C=O) groups excluding carboxylic acids is 2. The van der Waals surface area contributed by atoms with E-state index in [1.807, 2.05) is 23.1 Å². The molecule has 0 unspecified atom stereocenters. The summed E-state index contributed by atoms with van der Waals surface area (Å²) in [5, 5.41) is -0.0324. The molecular weight excluding hydrogens is 434 g/mol. The summed E-state index contributed by atoms with van der Waals surface area (Å²) in [5.41, 5.74) is 1.88. The average molecular weight is 456 g/mol. The van der Waals surface area contributed by atoms with Gasteiger partial charge in [-0.25, -0.2) is 4.90 Å². The van der Waals surface area contributed by atoms with Crippen molar-refractivity contribution in [1.29, 1.82) is 0 Å². The molecule has 5 rings (SSSR count). The highest BCUT2D eigenvalue weighted by Crippen LogP contribution is 2.34. The largest absolute Gasteiger partial charge is 0.497 e. The average Bonchev–Trinajstić information content (AvgIpc) is 3.36. The number of anilines is 1. The Morgan fingerprint density at radius 3 is 2.38 bits per heavy atom. The van der Waals surface area contributed by atoms with Crippen LogP contribution in [0.4, 0.5) is 5.69 Å². The van der Waals surface area contributed by atoms with Crippen LogP contribution in [-0.2, 0) is 16.1 Å². The van der Waals surface area contributed by atoms with Gasteiger partial charge in [0.05, 0.1) is 12.8 Å². The molecule has 32 heavy (non-hydrogen) atoms. The van der Waals surface area contributed by atoms with Gasteiger partial charge in [-0.2, -0.15) is 0 Å². The van der Waals surface area contributed by atoms with Crippen molar-refractivity contribution in [3.05, 3.63) is 58.8 Å². The number of benzene rings is 2. The van der Waals surface area contributed by atoms with Gasteiger partial charge in [0.2, 0.25) is 6.79 Å². The highest BCUT2D eigenvalue weighted by atomic mass is 35.5. The van der Waals surface area contributed by atoms with Gasteiger partial charge in [0, 0.05) is 32.7 Å². The third-order valence-corrected chi connectivity index (χ3v) is 6.21. The molecule has 166 valence electrons. The van der Waals surface area contributed by atoms with E-state index in [1.165, 1.54) is 0 Å². The minimum absolute atomic E-state index is 0.0324. The van der Waals surface area contributed by atoms with E-state index >= 15 is 0 Å². The lowest BCUT2D eigenvalue weighted by molar-refractivity contribution is -0.121. The number of hydrogen-bond acceptors (Lipinski definition) is 7. The molecule has 9 heteroatoms. The third-order valence-electron chi connectivity index (χ3n) is 5.87. The van der Waals surface area contributed by atoms with Crippen LogP contribution in [0.15, 0.2) is 53.2 Å². The number of imide groups is 1. The van der Waals surface area contributed by atoms with Crippen LogP contribution >= 0.6 is 11.6 Å². The van der Waals surface area contributed by atoms with E-state index in [9.17, 15) is 9.59 Å². The molecule has 0 bridgehead atoms. The minimum atomic E-state index is -0.500. The summed E-state index contributed by atoms with van der Waals surface area (Å²) in [4.78, 5) is 31.2. The first-order valence-electron chi connectivity index (χ1n) is 10.3. The van der Waals surface area contributed by atoms with Crippen molar-refractivity contribution < 1.29 is 23.8 Å². The van der Waals surface area contributed by atoms with E-state index in [-0.39, 0.29) is 17.5 Å². The summed E-state index contributed by atoms with van der Waals surface area (Å²) in [7, 11) is 1.56. The fourth-order valence-corrected chi connectivity index (χ4v) is 4.44. The Kier molecular flexibility index (Phi) is 5.40. The zero-order chi connectivity index (χ0) is 22.2. The summed E-state index contributed by atoms with van der Waals surface area (Å²) in [6, 6.07) is 12.7. The van der Waals surface area contributed by atoms with E-state index in [1.54, 1.807) is 31.4 Å². The molecule has 0 aromatic heterocycles. The van der Waals surface area contributed by atoms with Crippen molar-refractivity contribution in [3.8, 4) is 17.2 Å². The van der Waals surface area contributed by atoms with Crippen LogP contribution in [0, 0.1) is 0 Å². The number of nitrogens with zero attached hydrogens (tertiary/aromatic N) is 3. The van der Waals surface area contributed by atoms with E-state index in [2.05, 4.69) is 4.90 Å². The number of piperazine rings is 1. The predicted molar refractivity (Wildman–Crippen MR) is 118 cm³/mol. The number of ether oxygens (including phenoxy) is 3. The molecule has 0 atom stereocenters. The van der Waals surface area contributed by atoms with Gasteiger partial charge in [0.25, 0.3) is 11.8 Å². The summed E-state index contributed by atoms with van der Waals surface area (Å²) >= 11 is 6.34. The van der Waals surface area contributed by atoms with Gasteiger partial charge in [0.15, 0.2) is 11.5 Å². The van der Waals surface area contributed by atoms with Crippen LogP contribution in [0.3, 0.4) is 0 Å². The minimum Gasteiger partial charge on any atom is -0.497 e. The number of rotatable bonds is 5. The molecule has 3 aliphatic heterocycles. The molecule has 2 aromatic rings. The van der Waals surface area contributed by atoms with Gasteiger partial charge in [0.1, 0.15) is 16.5 Å². The second kappa shape index (κ2) is 8.37. The van der Waals surface area contributed by atoms with Gasteiger partial charge in [-0.05, 0) is 42.0 Å². The first-order chi connectivity index (χ1) is 15.5. The van der Waals surface area contributed by atoms with Crippen LogP contribution in [0.5, 0.6) is 17.2 Å². The molecule has 0 aliphatic carbocycles. The topological polar surface area (TPSA) is 71.6 Å². The predicted octanol–water partition coefficient (Wildman–Crippen LogP) is 2.57. The number of methoxy groups -OCH3 is 1. The Morgan fingerprint density at radius 1 is 0.938 bits per heavy atom. The molecule has 3 aliphatic rings. The first-order valence-corrected chi connectivity index (χ1v) is 10.7. The molecule has 1 fully saturated rings. The van der Waals surface area contributed by atoms with Gasteiger partial charge < -0.3 is 19.1 Å². The molecule has 0 saturated carbocycles. The monoisotopic (exact) mass is 455 g/mol. The molecule has 0 N–H and O–H groups in total. The smallest absolute Gasteiger partial charge is 0.283 e. The van der Waals surface area contributed by atoms with Crippen molar-refractivity contribution in [2.24, 2.45) is 0 Å². The second-order valence-corrected chi connectivity index (χ2v) is 8.14. The fourth-order valence-electron chi connectivity index (χ4n) is 4.16. The maximum absolute atomic E-state index is 13.1. The highest BCUT2D eigenvalue weighted by molar-refractivity contribution is 6.52. The van der Waals surface area contributed by atoms with E-state index in [0.29, 0.717) is 24.5 Å². The Hall–Kier alpha value is -3.23. The van der Waals surface area contributed by atoms with Crippen LogP contribution in [0.1, 0.15) is 5.56 Å². The number of fused-ring (bicyclic) bond motifs is 1. The van der Waals surface area contributed by atoms with Crippen molar-refractivity contribution in [1.82, 2.24) is 9.80 Å². The zero-order valence-corrected chi connectivity index (χ0v) is 18.3. The van der Waals surface area contributed by atoms with Crippen molar-refractivity contribution in [2.45, 2.75) is 6.54 Å². The van der Waals surface area contributed by atoms with E-state index in [0.717, 1.165) is 41.6 Å². The number of carbonyl (C=O) groups is 2. The SMILES string of the molecule is COc1ccc(N2C(=O)C(Cl)=C(N3CCN(Cc4ccc5c(c4)OCO5)CC3)C2=O)cc1. The van der Waals surface area contributed by atoms with Crippen LogP contribution in [-0.4, -0.2) is 61.7 Å². The molecule has 1 saturated heterocycles. The highest BCUT2D eigenvalue weighted by Gasteiger charge is 2.42. The molecule has 0 spiro atoms. The van der Waals surface area contributed by atoms with Crippen molar-refractivity contribution >= 4 is 29.1 Å². The Balaban J connectivity index is 1.24. The number of hydrogen-bond donors (Lipinski definition) is 0. The lowest BCUT2D eigenvalue weighted by Gasteiger charge is -2.36. The van der Waals surface area contributed by atoms with Gasteiger partial charge >= 0.3 is 0 Å². The molecule has 8 nitrogen and oxygen atoms in total. The molecule has 2 amide bonds. The summed E-state index contributed by atoms with van der Waals surface area (Å²) in [6.07, 6.45) is 0. The summed E-state index contributed by atoms with van der Waals surface area (Å²) in [5.74, 6) is 1.29. The van der Waals surface area contributed by atoms with E-state index < -0.39 is 11.8 Å². The van der Waals surface area contributed by atoms with Crippen molar-refractivity contribution in [2.75, 3.05) is 45.0 Å². The number of halogens is 1. The molecule has 3 heterocycles. The van der Waals surface area contributed by atoms with Gasteiger partial charge in [-0.3, -0.25) is 14.5 Å².